The predicted molar refractivity (Wildman–Crippen MR) is 94.1 cm³/mol. The van der Waals surface area contributed by atoms with Crippen LogP contribution >= 0.6 is 0 Å². The first kappa shape index (κ1) is 19.1. The van der Waals surface area contributed by atoms with Crippen LogP contribution in [0.25, 0.3) is 10.9 Å². The summed E-state index contributed by atoms with van der Waals surface area (Å²) in [5.41, 5.74) is -0.167. The normalized spacial score (nSPS) is 12.5. The molecule has 1 N–H and O–H groups in total. The Hall–Kier alpha value is -2.19. The van der Waals surface area contributed by atoms with Crippen molar-refractivity contribution in [3.05, 3.63) is 30.5 Å². The molecule has 0 unspecified atom stereocenters. The van der Waals surface area contributed by atoms with Gasteiger partial charge in [-0.1, -0.05) is 26.8 Å². The molecule has 0 saturated carbocycles. The fraction of sp³-hybridized carbons (Fsp3) is 0.412. The third-order valence-corrected chi connectivity index (χ3v) is 5.32. The lowest BCUT2D eigenvalue weighted by Crippen LogP contribution is -2.41. The number of nitrogens with zero attached hydrogens (tertiary/aromatic N) is 2. The molecule has 1 aromatic carbocycles. The maximum absolute atomic E-state index is 13.3. The molecule has 1 aromatic heterocycles. The summed E-state index contributed by atoms with van der Waals surface area (Å²) in [5.74, 6) is -1.09. The van der Waals surface area contributed by atoms with Crippen molar-refractivity contribution in [2.45, 2.75) is 25.7 Å². The van der Waals surface area contributed by atoms with Gasteiger partial charge in [-0.05, 0) is 23.6 Å². The van der Waals surface area contributed by atoms with Gasteiger partial charge in [0.2, 0.25) is 10.0 Å². The molecule has 0 aliphatic rings. The third-order valence-electron chi connectivity index (χ3n) is 3.47. The molecule has 2 aromatic rings. The fourth-order valence-corrected chi connectivity index (χ4v) is 4.46. The average Bonchev–Trinajstić information content (AvgIpc) is 2.51. The number of carboxylic acids is 1. The molecule has 25 heavy (non-hydrogen) atoms. The van der Waals surface area contributed by atoms with E-state index < -0.39 is 28.0 Å². The zero-order valence-electron chi connectivity index (χ0n) is 14.7. The number of hydrogen-bond acceptors (Lipinski definition) is 5. The second-order valence-corrected chi connectivity index (χ2v) is 8.77. The molecular weight excluding hydrogens is 344 g/mol. The molecule has 0 aliphatic carbocycles. The van der Waals surface area contributed by atoms with Crippen LogP contribution in [-0.4, -0.2) is 49.0 Å². The number of sulfonamides is 1. The van der Waals surface area contributed by atoms with Crippen LogP contribution < -0.4 is 4.74 Å². The van der Waals surface area contributed by atoms with Gasteiger partial charge in [-0.25, -0.2) is 8.42 Å². The lowest BCUT2D eigenvalue weighted by Gasteiger charge is -2.28. The molecule has 0 radical (unpaired) electrons. The summed E-state index contributed by atoms with van der Waals surface area (Å²) in [6.45, 7) is 4.95. The van der Waals surface area contributed by atoms with Crippen molar-refractivity contribution < 1.29 is 23.1 Å². The Morgan fingerprint density at radius 3 is 2.52 bits per heavy atom. The highest BCUT2D eigenvalue weighted by atomic mass is 32.2. The van der Waals surface area contributed by atoms with Crippen LogP contribution in [0.15, 0.2) is 35.4 Å². The molecule has 7 nitrogen and oxygen atoms in total. The van der Waals surface area contributed by atoms with E-state index in [1.165, 1.54) is 13.3 Å². The van der Waals surface area contributed by atoms with Crippen molar-refractivity contribution in [1.29, 1.82) is 0 Å². The van der Waals surface area contributed by atoms with Gasteiger partial charge in [0.25, 0.3) is 0 Å². The number of hydrogen-bond donors (Lipinski definition) is 1. The predicted octanol–water partition coefficient (Wildman–Crippen LogP) is 2.36. The van der Waals surface area contributed by atoms with E-state index in [4.69, 9.17) is 4.74 Å². The molecule has 0 saturated heterocycles. The van der Waals surface area contributed by atoms with Gasteiger partial charge in [-0.2, -0.15) is 4.31 Å². The molecule has 0 atom stereocenters. The van der Waals surface area contributed by atoms with Gasteiger partial charge in [0.15, 0.2) is 4.90 Å². The molecule has 0 aliphatic heterocycles. The van der Waals surface area contributed by atoms with Gasteiger partial charge in [-0.3, -0.25) is 9.78 Å². The van der Waals surface area contributed by atoms with E-state index >= 15 is 0 Å². The SMILES string of the molecule is COc1ccc2cccnc2c1S(=O)(=O)N(CC(=O)O)CC(C)(C)C. The number of fused-ring (bicyclic) bond motifs is 1. The van der Waals surface area contributed by atoms with Gasteiger partial charge >= 0.3 is 5.97 Å². The largest absolute Gasteiger partial charge is 0.495 e. The summed E-state index contributed by atoms with van der Waals surface area (Å²) in [5, 5.41) is 9.81. The average molecular weight is 366 g/mol. The third kappa shape index (κ3) is 4.26. The molecule has 0 bridgehead atoms. The zero-order valence-corrected chi connectivity index (χ0v) is 15.5. The van der Waals surface area contributed by atoms with Crippen LogP contribution in [0.5, 0.6) is 5.75 Å². The highest BCUT2D eigenvalue weighted by Gasteiger charge is 2.34. The quantitative estimate of drug-likeness (QED) is 0.843. The van der Waals surface area contributed by atoms with Crippen LogP contribution in [0.3, 0.4) is 0 Å². The Morgan fingerprint density at radius 1 is 1.28 bits per heavy atom. The number of rotatable bonds is 6. The first-order chi connectivity index (χ1) is 11.6. The Bertz CT molecular complexity index is 888. The van der Waals surface area contributed by atoms with Crippen molar-refractivity contribution in [3.8, 4) is 5.75 Å². The van der Waals surface area contributed by atoms with Crippen LogP contribution in [0.2, 0.25) is 0 Å². The number of pyridine rings is 1. The maximum Gasteiger partial charge on any atom is 0.318 e. The monoisotopic (exact) mass is 366 g/mol. The summed E-state index contributed by atoms with van der Waals surface area (Å²) >= 11 is 0. The van der Waals surface area contributed by atoms with Crippen molar-refractivity contribution in [3.63, 3.8) is 0 Å². The number of aliphatic carboxylic acids is 1. The first-order valence-electron chi connectivity index (χ1n) is 7.70. The van der Waals surface area contributed by atoms with E-state index in [-0.39, 0.29) is 22.7 Å². The van der Waals surface area contributed by atoms with Gasteiger partial charge in [0.1, 0.15) is 12.3 Å². The topological polar surface area (TPSA) is 96.8 Å². The number of methoxy groups -OCH3 is 1. The number of carbonyl (C=O) groups is 1. The lowest BCUT2D eigenvalue weighted by atomic mass is 9.97. The molecule has 136 valence electrons. The summed E-state index contributed by atoms with van der Waals surface area (Å²) in [6.07, 6.45) is 1.49. The van der Waals surface area contributed by atoms with Gasteiger partial charge in [-0.15, -0.1) is 0 Å². The standard InChI is InChI=1S/C17H22N2O5S/c1-17(2,3)11-19(10-14(20)21)25(22,23)16-13(24-4)8-7-12-6-5-9-18-15(12)16/h5-9H,10-11H2,1-4H3,(H,20,21). The summed E-state index contributed by atoms with van der Waals surface area (Å²) in [4.78, 5) is 15.3. The molecule has 0 amide bonds. The van der Waals surface area contributed by atoms with Crippen LogP contribution in [-0.2, 0) is 14.8 Å². The Morgan fingerprint density at radius 2 is 1.96 bits per heavy atom. The molecule has 0 fully saturated rings. The van der Waals surface area contributed by atoms with E-state index in [1.54, 1.807) is 24.3 Å². The molecule has 1 heterocycles. The van der Waals surface area contributed by atoms with Crippen molar-refractivity contribution >= 4 is 26.9 Å². The highest BCUT2D eigenvalue weighted by molar-refractivity contribution is 7.89. The fourth-order valence-electron chi connectivity index (χ4n) is 2.54. The van der Waals surface area contributed by atoms with Crippen LogP contribution in [0, 0.1) is 5.41 Å². The smallest absolute Gasteiger partial charge is 0.318 e. The Balaban J connectivity index is 2.71. The highest BCUT2D eigenvalue weighted by Crippen LogP contribution is 2.34. The van der Waals surface area contributed by atoms with E-state index in [0.29, 0.717) is 5.39 Å². The second-order valence-electron chi connectivity index (χ2n) is 6.90. The van der Waals surface area contributed by atoms with Crippen molar-refractivity contribution in [2.24, 2.45) is 5.41 Å². The minimum absolute atomic E-state index is 0.0496. The molecule has 8 heteroatoms. The molecular formula is C17H22N2O5S. The number of carboxylic acid groups (broad SMARTS) is 1. The van der Waals surface area contributed by atoms with E-state index in [2.05, 4.69) is 4.98 Å². The van der Waals surface area contributed by atoms with Gasteiger partial charge in [0.05, 0.1) is 12.6 Å². The molecule has 2 rings (SSSR count). The summed E-state index contributed by atoms with van der Waals surface area (Å²) in [6, 6.07) is 6.71. The first-order valence-corrected chi connectivity index (χ1v) is 9.14. The van der Waals surface area contributed by atoms with Crippen molar-refractivity contribution in [1.82, 2.24) is 9.29 Å². The summed E-state index contributed by atoms with van der Waals surface area (Å²) in [7, 11) is -2.76. The maximum atomic E-state index is 13.3. The Kier molecular flexibility index (Phi) is 5.34. The van der Waals surface area contributed by atoms with Crippen molar-refractivity contribution in [2.75, 3.05) is 20.2 Å². The lowest BCUT2D eigenvalue weighted by molar-refractivity contribution is -0.137. The number of aromatic nitrogens is 1. The van der Waals surface area contributed by atoms with Gasteiger partial charge in [0, 0.05) is 18.1 Å². The van der Waals surface area contributed by atoms with E-state index in [1.807, 2.05) is 20.8 Å². The van der Waals surface area contributed by atoms with E-state index in [0.717, 1.165) is 4.31 Å². The number of benzene rings is 1. The minimum atomic E-state index is -4.13. The van der Waals surface area contributed by atoms with E-state index in [9.17, 15) is 18.3 Å². The minimum Gasteiger partial charge on any atom is -0.495 e. The Labute approximate surface area is 147 Å². The van der Waals surface area contributed by atoms with Gasteiger partial charge < -0.3 is 9.84 Å². The summed E-state index contributed by atoms with van der Waals surface area (Å²) < 4.78 is 32.8. The zero-order chi connectivity index (χ0) is 18.8. The second kappa shape index (κ2) is 6.97. The van der Waals surface area contributed by atoms with Crippen LogP contribution in [0.4, 0.5) is 0 Å². The van der Waals surface area contributed by atoms with Crippen LogP contribution in [0.1, 0.15) is 20.8 Å². The number of ether oxygens (including phenoxy) is 1. The molecule has 0 spiro atoms.